The van der Waals surface area contributed by atoms with E-state index in [1.165, 1.54) is 19.3 Å². The SMILES string of the molecule is Cc1nn(C)c(NC2CC(C)CC(C)C2)c1C#N. The van der Waals surface area contributed by atoms with Crippen LogP contribution in [0.25, 0.3) is 0 Å². The van der Waals surface area contributed by atoms with Crippen molar-refractivity contribution in [1.29, 1.82) is 5.26 Å². The summed E-state index contributed by atoms with van der Waals surface area (Å²) in [5.74, 6) is 2.39. The smallest absolute Gasteiger partial charge is 0.142 e. The summed E-state index contributed by atoms with van der Waals surface area (Å²) >= 11 is 0. The second kappa shape index (κ2) is 5.01. The molecule has 0 aromatic carbocycles. The predicted molar refractivity (Wildman–Crippen MR) is 72.2 cm³/mol. The zero-order valence-electron chi connectivity index (χ0n) is 11.7. The molecule has 1 fully saturated rings. The summed E-state index contributed by atoms with van der Waals surface area (Å²) in [6, 6.07) is 2.71. The molecule has 1 aromatic heterocycles. The van der Waals surface area contributed by atoms with Crippen molar-refractivity contribution in [2.75, 3.05) is 5.32 Å². The minimum absolute atomic E-state index is 0.464. The second-order valence-electron chi connectivity index (χ2n) is 5.80. The Morgan fingerprint density at radius 2 is 1.89 bits per heavy atom. The van der Waals surface area contributed by atoms with E-state index >= 15 is 0 Å². The number of rotatable bonds is 2. The highest BCUT2D eigenvalue weighted by atomic mass is 15.3. The van der Waals surface area contributed by atoms with Gasteiger partial charge in [-0.1, -0.05) is 13.8 Å². The molecular formula is C14H22N4. The molecule has 18 heavy (non-hydrogen) atoms. The first-order valence-corrected chi connectivity index (χ1v) is 6.71. The number of hydrogen-bond acceptors (Lipinski definition) is 3. The number of hydrogen-bond donors (Lipinski definition) is 1. The van der Waals surface area contributed by atoms with Gasteiger partial charge in [0, 0.05) is 13.1 Å². The normalized spacial score (nSPS) is 27.8. The summed E-state index contributed by atoms with van der Waals surface area (Å²) in [7, 11) is 1.89. The molecule has 0 spiro atoms. The van der Waals surface area contributed by atoms with Crippen LogP contribution >= 0.6 is 0 Å². The van der Waals surface area contributed by atoms with Crippen LogP contribution in [0.15, 0.2) is 0 Å². The topological polar surface area (TPSA) is 53.6 Å². The van der Waals surface area contributed by atoms with Crippen molar-refractivity contribution in [3.63, 3.8) is 0 Å². The zero-order chi connectivity index (χ0) is 13.3. The number of nitriles is 1. The standard InChI is InChI=1S/C14H22N4/c1-9-5-10(2)7-12(6-9)16-14-13(8-15)11(3)17-18(14)4/h9-10,12,16H,5-7H2,1-4H3. The van der Waals surface area contributed by atoms with Gasteiger partial charge in [-0.2, -0.15) is 10.4 Å². The van der Waals surface area contributed by atoms with Gasteiger partial charge in [0.2, 0.25) is 0 Å². The Bertz CT molecular complexity index is 459. The largest absolute Gasteiger partial charge is 0.366 e. The lowest BCUT2D eigenvalue weighted by molar-refractivity contribution is 0.280. The fourth-order valence-corrected chi connectivity index (χ4v) is 3.22. The van der Waals surface area contributed by atoms with Crippen LogP contribution in [0.3, 0.4) is 0 Å². The van der Waals surface area contributed by atoms with Crippen molar-refractivity contribution in [2.24, 2.45) is 18.9 Å². The van der Waals surface area contributed by atoms with Gasteiger partial charge in [0.1, 0.15) is 17.5 Å². The first kappa shape index (κ1) is 12.9. The van der Waals surface area contributed by atoms with E-state index in [0.717, 1.165) is 23.3 Å². The number of nitrogens with zero attached hydrogens (tertiary/aromatic N) is 3. The fourth-order valence-electron chi connectivity index (χ4n) is 3.22. The van der Waals surface area contributed by atoms with Crippen LogP contribution in [0.5, 0.6) is 0 Å². The summed E-state index contributed by atoms with van der Waals surface area (Å²) in [5.41, 5.74) is 1.49. The lowest BCUT2D eigenvalue weighted by Crippen LogP contribution is -2.31. The van der Waals surface area contributed by atoms with Crippen LogP contribution in [0.4, 0.5) is 5.82 Å². The van der Waals surface area contributed by atoms with E-state index in [0.29, 0.717) is 11.6 Å². The predicted octanol–water partition coefficient (Wildman–Crippen LogP) is 2.84. The molecule has 2 atom stereocenters. The van der Waals surface area contributed by atoms with Crippen LogP contribution in [-0.4, -0.2) is 15.8 Å². The van der Waals surface area contributed by atoms with Crippen LogP contribution in [0.2, 0.25) is 0 Å². The summed E-state index contributed by atoms with van der Waals surface area (Å²) in [6.07, 6.45) is 3.67. The third-order valence-corrected chi connectivity index (χ3v) is 3.85. The molecular weight excluding hydrogens is 224 g/mol. The Kier molecular flexibility index (Phi) is 3.60. The molecule has 0 radical (unpaired) electrons. The van der Waals surface area contributed by atoms with Gasteiger partial charge in [-0.25, -0.2) is 0 Å². The van der Waals surface area contributed by atoms with Crippen LogP contribution < -0.4 is 5.32 Å². The molecule has 1 aliphatic rings. The molecule has 1 aromatic rings. The first-order valence-electron chi connectivity index (χ1n) is 6.71. The number of anilines is 1. The molecule has 98 valence electrons. The van der Waals surface area contributed by atoms with Gasteiger partial charge in [-0.3, -0.25) is 4.68 Å². The average molecular weight is 246 g/mol. The van der Waals surface area contributed by atoms with Crippen molar-refractivity contribution in [3.8, 4) is 6.07 Å². The van der Waals surface area contributed by atoms with E-state index in [-0.39, 0.29) is 0 Å². The summed E-state index contributed by atoms with van der Waals surface area (Å²) in [5, 5.41) is 17.0. The fraction of sp³-hybridized carbons (Fsp3) is 0.714. The minimum atomic E-state index is 0.464. The summed E-state index contributed by atoms with van der Waals surface area (Å²) in [6.45, 7) is 6.50. The third-order valence-electron chi connectivity index (χ3n) is 3.85. The highest BCUT2D eigenvalue weighted by Gasteiger charge is 2.25. The highest BCUT2D eigenvalue weighted by Crippen LogP contribution is 2.31. The quantitative estimate of drug-likeness (QED) is 0.873. The molecule has 0 aliphatic heterocycles. The van der Waals surface area contributed by atoms with Gasteiger partial charge in [0.25, 0.3) is 0 Å². The van der Waals surface area contributed by atoms with E-state index in [9.17, 15) is 5.26 Å². The highest BCUT2D eigenvalue weighted by molar-refractivity contribution is 5.55. The molecule has 0 amide bonds. The Labute approximate surface area is 109 Å². The van der Waals surface area contributed by atoms with E-state index in [4.69, 9.17) is 0 Å². The van der Waals surface area contributed by atoms with E-state index in [1.54, 1.807) is 4.68 Å². The van der Waals surface area contributed by atoms with Crippen molar-refractivity contribution in [2.45, 2.75) is 46.1 Å². The van der Waals surface area contributed by atoms with Crippen LogP contribution in [0.1, 0.15) is 44.4 Å². The molecule has 4 heteroatoms. The Morgan fingerprint density at radius 1 is 1.28 bits per heavy atom. The maximum atomic E-state index is 9.20. The molecule has 2 rings (SSSR count). The van der Waals surface area contributed by atoms with E-state index in [2.05, 4.69) is 30.3 Å². The number of aryl methyl sites for hydroxylation is 2. The van der Waals surface area contributed by atoms with Gasteiger partial charge in [-0.05, 0) is 38.0 Å². The van der Waals surface area contributed by atoms with E-state index < -0.39 is 0 Å². The van der Waals surface area contributed by atoms with E-state index in [1.807, 2.05) is 14.0 Å². The lowest BCUT2D eigenvalue weighted by Gasteiger charge is -2.32. The molecule has 2 unspecified atom stereocenters. The molecule has 1 aliphatic carbocycles. The Balaban J connectivity index is 2.17. The minimum Gasteiger partial charge on any atom is -0.366 e. The van der Waals surface area contributed by atoms with Gasteiger partial charge < -0.3 is 5.32 Å². The van der Waals surface area contributed by atoms with Crippen LogP contribution in [0, 0.1) is 30.1 Å². The van der Waals surface area contributed by atoms with Gasteiger partial charge in [-0.15, -0.1) is 0 Å². The Hall–Kier alpha value is -1.50. The summed E-state index contributed by atoms with van der Waals surface area (Å²) < 4.78 is 1.79. The molecule has 1 heterocycles. The van der Waals surface area contributed by atoms with Gasteiger partial charge in [0.15, 0.2) is 0 Å². The first-order chi connectivity index (χ1) is 8.51. The third kappa shape index (κ3) is 2.50. The average Bonchev–Trinajstić information content (AvgIpc) is 2.52. The van der Waals surface area contributed by atoms with Crippen molar-refractivity contribution in [1.82, 2.24) is 9.78 Å². The van der Waals surface area contributed by atoms with Crippen molar-refractivity contribution in [3.05, 3.63) is 11.3 Å². The number of aromatic nitrogens is 2. The monoisotopic (exact) mass is 246 g/mol. The molecule has 1 saturated carbocycles. The molecule has 4 nitrogen and oxygen atoms in total. The number of nitrogens with one attached hydrogen (secondary N) is 1. The molecule has 1 N–H and O–H groups in total. The van der Waals surface area contributed by atoms with Crippen molar-refractivity contribution >= 4 is 5.82 Å². The second-order valence-corrected chi connectivity index (χ2v) is 5.80. The molecule has 0 bridgehead atoms. The van der Waals surface area contributed by atoms with Gasteiger partial charge >= 0.3 is 0 Å². The zero-order valence-corrected chi connectivity index (χ0v) is 11.7. The molecule has 0 saturated heterocycles. The van der Waals surface area contributed by atoms with Crippen molar-refractivity contribution < 1.29 is 0 Å². The van der Waals surface area contributed by atoms with Gasteiger partial charge in [0.05, 0.1) is 5.69 Å². The van der Waals surface area contributed by atoms with Crippen LogP contribution in [-0.2, 0) is 7.05 Å². The lowest BCUT2D eigenvalue weighted by atomic mass is 9.80. The maximum absolute atomic E-state index is 9.20. The summed E-state index contributed by atoms with van der Waals surface area (Å²) in [4.78, 5) is 0. The maximum Gasteiger partial charge on any atom is 0.142 e. The Morgan fingerprint density at radius 3 is 2.44 bits per heavy atom.